The Morgan fingerprint density at radius 2 is 1.65 bits per heavy atom. The number of halogens is 1. The van der Waals surface area contributed by atoms with Crippen molar-refractivity contribution in [3.63, 3.8) is 0 Å². The smallest absolute Gasteiger partial charge is 0.408 e. The minimum Gasteiger partial charge on any atom is -0.480 e. The first-order valence-electron chi connectivity index (χ1n) is 9.56. The van der Waals surface area contributed by atoms with Gasteiger partial charge < -0.3 is 30.4 Å². The first kappa shape index (κ1) is 26.1. The molecule has 0 spiro atoms. The van der Waals surface area contributed by atoms with Crippen molar-refractivity contribution in [1.82, 2.24) is 10.6 Å². The van der Waals surface area contributed by atoms with Crippen LogP contribution in [0, 0.1) is 0 Å². The Hall–Kier alpha value is -2.95. The van der Waals surface area contributed by atoms with Gasteiger partial charge in [0.05, 0.1) is 0 Å². The third-order valence-corrected chi connectivity index (χ3v) is 4.71. The summed E-state index contributed by atoms with van der Waals surface area (Å²) in [5.74, 6) is -3.23. The zero-order valence-corrected chi connectivity index (χ0v) is 18.5. The molecule has 4 N–H and O–H groups in total. The number of nitrogens with one attached hydrogen (secondary N) is 2. The number of ketones is 1. The van der Waals surface area contributed by atoms with E-state index in [4.69, 9.17) is 9.84 Å². The van der Waals surface area contributed by atoms with E-state index in [9.17, 15) is 29.1 Å². The molecule has 0 aliphatic heterocycles. The van der Waals surface area contributed by atoms with Gasteiger partial charge in [0.1, 0.15) is 11.8 Å². The summed E-state index contributed by atoms with van der Waals surface area (Å²) in [6.07, 6.45) is -2.05. The lowest BCUT2D eigenvalue weighted by molar-refractivity contribution is -0.147. The SMILES string of the molecule is CC(=O)CC[C@H](NC(=O)O[C@@H](CCCCNC(=O)c1ccc([77Br])cc1)C(=O)O)C(=O)O. The summed E-state index contributed by atoms with van der Waals surface area (Å²) in [5, 5.41) is 23.1. The lowest BCUT2D eigenvalue weighted by atomic mass is 10.1. The van der Waals surface area contributed by atoms with Gasteiger partial charge in [-0.3, -0.25) is 4.79 Å². The fraction of sp³-hybridized carbons (Fsp3) is 0.450. The van der Waals surface area contributed by atoms with Gasteiger partial charge in [0.15, 0.2) is 0 Å². The van der Waals surface area contributed by atoms with Crippen LogP contribution in [0.3, 0.4) is 0 Å². The van der Waals surface area contributed by atoms with Crippen LogP contribution < -0.4 is 10.6 Å². The predicted octanol–water partition coefficient (Wildman–Crippen LogP) is 2.35. The number of hydrogen-bond donors (Lipinski definition) is 4. The van der Waals surface area contributed by atoms with Crippen LogP contribution in [0.5, 0.6) is 0 Å². The van der Waals surface area contributed by atoms with Gasteiger partial charge in [0.2, 0.25) is 6.10 Å². The molecule has 0 unspecified atom stereocenters. The van der Waals surface area contributed by atoms with Gasteiger partial charge in [-0.05, 0) is 56.9 Å². The Bertz CT molecular complexity index is 797. The molecule has 11 heteroatoms. The van der Waals surface area contributed by atoms with E-state index >= 15 is 0 Å². The van der Waals surface area contributed by atoms with Gasteiger partial charge in [-0.2, -0.15) is 0 Å². The van der Waals surface area contributed by atoms with Crippen LogP contribution in [-0.4, -0.2) is 58.6 Å². The first-order chi connectivity index (χ1) is 14.6. The number of benzene rings is 1. The predicted molar refractivity (Wildman–Crippen MR) is 113 cm³/mol. The van der Waals surface area contributed by atoms with E-state index in [2.05, 4.69) is 26.6 Å². The molecule has 31 heavy (non-hydrogen) atoms. The summed E-state index contributed by atoms with van der Waals surface area (Å²) in [6, 6.07) is 5.44. The maximum absolute atomic E-state index is 12.0. The molecule has 0 saturated heterocycles. The molecule has 2 amide bonds. The first-order valence-corrected chi connectivity index (χ1v) is 10.4. The molecule has 0 fully saturated rings. The van der Waals surface area contributed by atoms with Crippen molar-refractivity contribution in [3.8, 4) is 0 Å². The van der Waals surface area contributed by atoms with Crippen LogP contribution in [0.4, 0.5) is 4.79 Å². The Morgan fingerprint density at radius 1 is 1.00 bits per heavy atom. The number of Topliss-reactive ketones (excluding diaryl/α,β-unsaturated/α-hetero) is 1. The molecule has 170 valence electrons. The average Bonchev–Trinajstić information content (AvgIpc) is 2.69. The fourth-order valence-electron chi connectivity index (χ4n) is 2.50. The van der Waals surface area contributed by atoms with Crippen molar-refractivity contribution < 1.29 is 38.9 Å². The molecule has 2 atom stereocenters. The molecule has 0 radical (unpaired) electrons. The van der Waals surface area contributed by atoms with Crippen LogP contribution in [-0.2, 0) is 19.1 Å². The van der Waals surface area contributed by atoms with E-state index in [1.165, 1.54) is 6.92 Å². The Kier molecular flexibility index (Phi) is 11.3. The molecule has 1 rings (SSSR count). The van der Waals surface area contributed by atoms with E-state index < -0.39 is 30.2 Å². The highest BCUT2D eigenvalue weighted by molar-refractivity contribution is 9.10. The number of aliphatic carboxylic acids is 2. The van der Waals surface area contributed by atoms with Gasteiger partial charge >= 0.3 is 18.0 Å². The number of carboxylic acid groups (broad SMARTS) is 2. The van der Waals surface area contributed by atoms with Gasteiger partial charge in [-0.1, -0.05) is 15.9 Å². The Morgan fingerprint density at radius 3 is 2.19 bits per heavy atom. The van der Waals surface area contributed by atoms with Gasteiger partial charge in [0, 0.05) is 23.0 Å². The number of ether oxygens (including phenoxy) is 1. The summed E-state index contributed by atoms with van der Waals surface area (Å²) in [4.78, 5) is 57.3. The summed E-state index contributed by atoms with van der Waals surface area (Å²) >= 11 is 3.28. The van der Waals surface area contributed by atoms with Crippen molar-refractivity contribution in [2.75, 3.05) is 6.54 Å². The highest BCUT2D eigenvalue weighted by atomic mass is 76.9. The van der Waals surface area contributed by atoms with Gasteiger partial charge in [-0.25, -0.2) is 14.4 Å². The largest absolute Gasteiger partial charge is 0.480 e. The lowest BCUT2D eigenvalue weighted by Gasteiger charge is -2.17. The molecular formula is C20H25BrN2O8. The van der Waals surface area contributed by atoms with Crippen LogP contribution in [0.15, 0.2) is 28.7 Å². The normalized spacial score (nSPS) is 12.3. The number of alkyl carbamates (subject to hydrolysis) is 1. The highest BCUT2D eigenvalue weighted by Gasteiger charge is 2.26. The van der Waals surface area contributed by atoms with Crippen molar-refractivity contribution in [3.05, 3.63) is 34.3 Å². The number of rotatable bonds is 13. The molecular weight excluding hydrogens is 473 g/mol. The number of hydrogen-bond acceptors (Lipinski definition) is 6. The van der Waals surface area contributed by atoms with Crippen molar-refractivity contribution in [2.45, 2.75) is 51.2 Å². The molecule has 0 aliphatic rings. The minimum absolute atomic E-state index is 0.0118. The van der Waals surface area contributed by atoms with Crippen molar-refractivity contribution in [2.24, 2.45) is 0 Å². The van der Waals surface area contributed by atoms with Crippen LogP contribution in [0.1, 0.15) is 49.4 Å². The zero-order valence-electron chi connectivity index (χ0n) is 16.9. The summed E-state index contributed by atoms with van der Waals surface area (Å²) in [7, 11) is 0. The molecule has 0 aromatic heterocycles. The van der Waals surface area contributed by atoms with Crippen LogP contribution in [0.25, 0.3) is 0 Å². The Balaban J connectivity index is 2.41. The maximum atomic E-state index is 12.0. The van der Waals surface area contributed by atoms with Crippen LogP contribution in [0.2, 0.25) is 0 Å². The summed E-state index contributed by atoms with van der Waals surface area (Å²) < 4.78 is 5.67. The highest BCUT2D eigenvalue weighted by Crippen LogP contribution is 2.11. The minimum atomic E-state index is -1.47. The van der Waals surface area contributed by atoms with Gasteiger partial charge in [0.25, 0.3) is 5.91 Å². The molecule has 0 bridgehead atoms. The van der Waals surface area contributed by atoms with Crippen molar-refractivity contribution in [1.29, 1.82) is 0 Å². The third kappa shape index (κ3) is 10.6. The van der Waals surface area contributed by atoms with Crippen molar-refractivity contribution >= 4 is 45.7 Å². The van der Waals surface area contributed by atoms with Gasteiger partial charge in [-0.15, -0.1) is 0 Å². The average molecular weight is 498 g/mol. The second-order valence-corrected chi connectivity index (χ2v) is 7.68. The molecule has 1 aromatic carbocycles. The maximum Gasteiger partial charge on any atom is 0.408 e. The quantitative estimate of drug-likeness (QED) is 0.302. The molecule has 0 aliphatic carbocycles. The monoisotopic (exact) mass is 498 g/mol. The van der Waals surface area contributed by atoms with E-state index in [-0.39, 0.29) is 31.0 Å². The zero-order chi connectivity index (χ0) is 23.4. The topological polar surface area (TPSA) is 159 Å². The van der Waals surface area contributed by atoms with E-state index in [1.807, 2.05) is 0 Å². The number of unbranched alkanes of at least 4 members (excludes halogenated alkanes) is 1. The molecule has 10 nitrogen and oxygen atoms in total. The number of carbonyl (C=O) groups excluding carboxylic acids is 3. The molecule has 0 saturated carbocycles. The van der Waals surface area contributed by atoms with E-state index in [0.717, 1.165) is 4.47 Å². The molecule has 0 heterocycles. The number of carbonyl (C=O) groups is 5. The number of carboxylic acids is 2. The standard InChI is InChI=1S/C20H25BrN2O8/c1-12(24)5-10-15(18(26)27)23-20(30)31-16(19(28)29)4-2-3-11-22-17(25)13-6-8-14(21)9-7-13/h6-9,15-16H,2-5,10-11H2,1H3,(H,22,25)(H,23,30)(H,26,27)(H,28,29)/t15-,16-/m0/s1/i21-3. The van der Waals surface area contributed by atoms with E-state index in [1.54, 1.807) is 24.3 Å². The second kappa shape index (κ2) is 13.4. The summed E-state index contributed by atoms with van der Waals surface area (Å²) in [5.41, 5.74) is 0.490. The molecule has 1 aromatic rings. The Labute approximate surface area is 187 Å². The summed E-state index contributed by atoms with van der Waals surface area (Å²) in [6.45, 7) is 1.60. The van der Waals surface area contributed by atoms with E-state index in [0.29, 0.717) is 24.9 Å². The fourth-order valence-corrected chi connectivity index (χ4v) is 2.77. The lowest BCUT2D eigenvalue weighted by Crippen LogP contribution is -2.43. The van der Waals surface area contributed by atoms with Crippen LogP contribution >= 0.6 is 15.9 Å². The second-order valence-electron chi connectivity index (χ2n) is 6.77. The third-order valence-electron chi connectivity index (χ3n) is 4.19. The number of amides is 2.